The molecular formula is C20H16N6O2. The van der Waals surface area contributed by atoms with Gasteiger partial charge in [0.25, 0.3) is 11.8 Å². The number of amides is 2. The maximum atomic E-state index is 12.9. The largest absolute Gasteiger partial charge is 0.370 e. The molecule has 6 N–H and O–H groups in total. The molecule has 3 aromatic carbocycles. The lowest BCUT2D eigenvalue weighted by atomic mass is 10.1. The minimum Gasteiger partial charge on any atom is -0.370 e. The molecule has 0 saturated heterocycles. The second-order valence-corrected chi connectivity index (χ2v) is 6.21. The van der Waals surface area contributed by atoms with Gasteiger partial charge in [-0.25, -0.2) is 9.89 Å². The number of nitrogens with two attached hydrogens (primary N) is 3. The number of carbonyl (C=O) groups is 2. The fourth-order valence-corrected chi connectivity index (χ4v) is 3.14. The van der Waals surface area contributed by atoms with E-state index in [0.29, 0.717) is 16.9 Å². The van der Waals surface area contributed by atoms with Crippen LogP contribution in [0.5, 0.6) is 0 Å². The van der Waals surface area contributed by atoms with Gasteiger partial charge in [0.2, 0.25) is 5.96 Å². The van der Waals surface area contributed by atoms with Crippen molar-refractivity contribution < 1.29 is 9.59 Å². The monoisotopic (exact) mass is 372 g/mol. The van der Waals surface area contributed by atoms with E-state index in [1.54, 1.807) is 12.1 Å². The number of imide groups is 1. The zero-order valence-corrected chi connectivity index (χ0v) is 14.7. The van der Waals surface area contributed by atoms with E-state index in [-0.39, 0.29) is 23.4 Å². The van der Waals surface area contributed by atoms with Crippen molar-refractivity contribution in [1.82, 2.24) is 0 Å². The van der Waals surface area contributed by atoms with Gasteiger partial charge in [0.1, 0.15) is 0 Å². The molecule has 0 unspecified atom stereocenters. The van der Waals surface area contributed by atoms with Crippen molar-refractivity contribution in [2.24, 2.45) is 27.2 Å². The van der Waals surface area contributed by atoms with Gasteiger partial charge in [-0.3, -0.25) is 9.59 Å². The fourth-order valence-electron chi connectivity index (χ4n) is 3.14. The maximum absolute atomic E-state index is 12.9. The Balaban J connectivity index is 1.73. The molecule has 2 amide bonds. The second-order valence-electron chi connectivity index (χ2n) is 6.21. The van der Waals surface area contributed by atoms with Gasteiger partial charge < -0.3 is 17.2 Å². The third-order valence-electron chi connectivity index (χ3n) is 4.35. The summed E-state index contributed by atoms with van der Waals surface area (Å²) in [6, 6.07) is 17.8. The van der Waals surface area contributed by atoms with Gasteiger partial charge in [0, 0.05) is 0 Å². The average molecular weight is 372 g/mol. The highest BCUT2D eigenvalue weighted by molar-refractivity contribution is 6.34. The predicted octanol–water partition coefficient (Wildman–Crippen LogP) is 1.86. The third-order valence-corrected chi connectivity index (χ3v) is 4.35. The molecule has 0 aromatic heterocycles. The van der Waals surface area contributed by atoms with Gasteiger partial charge >= 0.3 is 0 Å². The van der Waals surface area contributed by atoms with Crippen LogP contribution in [0, 0.1) is 0 Å². The number of rotatable bonds is 2. The summed E-state index contributed by atoms with van der Waals surface area (Å²) in [5.41, 5.74) is 17.6. The minimum atomic E-state index is -0.423. The number of carbonyl (C=O) groups excluding carboxylic acids is 2. The molecule has 3 aromatic rings. The van der Waals surface area contributed by atoms with Crippen LogP contribution in [0.3, 0.4) is 0 Å². The summed E-state index contributed by atoms with van der Waals surface area (Å²) in [6.07, 6.45) is 0. The quantitative estimate of drug-likeness (QED) is 0.358. The lowest BCUT2D eigenvalue weighted by molar-refractivity contribution is 0.0926. The molecule has 0 atom stereocenters. The highest BCUT2D eigenvalue weighted by Crippen LogP contribution is 2.32. The van der Waals surface area contributed by atoms with Crippen molar-refractivity contribution in [3.63, 3.8) is 0 Å². The third kappa shape index (κ3) is 2.92. The second kappa shape index (κ2) is 6.51. The summed E-state index contributed by atoms with van der Waals surface area (Å²) in [5.74, 6) is -1.19. The molecule has 0 saturated carbocycles. The van der Waals surface area contributed by atoms with Crippen molar-refractivity contribution in [2.75, 3.05) is 4.90 Å². The maximum Gasteiger partial charge on any atom is 0.266 e. The molecule has 0 aliphatic carbocycles. The highest BCUT2D eigenvalue weighted by Gasteiger charge is 2.36. The van der Waals surface area contributed by atoms with E-state index < -0.39 is 5.91 Å². The number of aliphatic imine (C=N–C) groups is 2. The Morgan fingerprint density at radius 2 is 1.50 bits per heavy atom. The van der Waals surface area contributed by atoms with E-state index in [9.17, 15) is 9.59 Å². The fraction of sp³-hybridized carbons (Fsp3) is 0. The lowest BCUT2D eigenvalue weighted by Crippen LogP contribution is -2.29. The Morgan fingerprint density at radius 1 is 0.786 bits per heavy atom. The topological polar surface area (TPSA) is 140 Å². The van der Waals surface area contributed by atoms with Crippen molar-refractivity contribution in [1.29, 1.82) is 0 Å². The van der Waals surface area contributed by atoms with Gasteiger partial charge in [-0.15, -0.1) is 0 Å². The molecule has 1 aliphatic rings. The van der Waals surface area contributed by atoms with Gasteiger partial charge in [0.05, 0.1) is 22.5 Å². The molecule has 0 bridgehead atoms. The minimum absolute atomic E-state index is 0.150. The molecule has 138 valence electrons. The van der Waals surface area contributed by atoms with Crippen LogP contribution < -0.4 is 22.1 Å². The van der Waals surface area contributed by atoms with Gasteiger partial charge in [0.15, 0.2) is 5.96 Å². The average Bonchev–Trinajstić information content (AvgIpc) is 2.91. The van der Waals surface area contributed by atoms with Crippen LogP contribution in [0.4, 0.5) is 11.4 Å². The molecule has 8 heteroatoms. The first-order chi connectivity index (χ1) is 13.4. The van der Waals surface area contributed by atoms with Crippen LogP contribution in [0.1, 0.15) is 20.7 Å². The predicted molar refractivity (Wildman–Crippen MR) is 109 cm³/mol. The number of anilines is 1. The Morgan fingerprint density at radius 3 is 2.25 bits per heavy atom. The summed E-state index contributed by atoms with van der Waals surface area (Å²) in [4.78, 5) is 34.6. The summed E-state index contributed by atoms with van der Waals surface area (Å²) in [6.45, 7) is 0. The molecule has 0 radical (unpaired) electrons. The van der Waals surface area contributed by atoms with Crippen molar-refractivity contribution in [3.8, 4) is 0 Å². The van der Waals surface area contributed by atoms with Crippen molar-refractivity contribution >= 4 is 45.9 Å². The summed E-state index contributed by atoms with van der Waals surface area (Å²) in [5, 5.41) is 1.96. The Kier molecular flexibility index (Phi) is 4.00. The number of fused-ring (bicyclic) bond motifs is 2. The molecule has 28 heavy (non-hydrogen) atoms. The van der Waals surface area contributed by atoms with Crippen LogP contribution in [0.15, 0.2) is 70.6 Å². The molecule has 4 rings (SSSR count). The normalized spacial score (nSPS) is 13.7. The summed E-state index contributed by atoms with van der Waals surface area (Å²) < 4.78 is 0. The Hall–Kier alpha value is -4.20. The molecule has 1 aliphatic heterocycles. The van der Waals surface area contributed by atoms with Gasteiger partial charge in [-0.2, -0.15) is 4.99 Å². The van der Waals surface area contributed by atoms with E-state index >= 15 is 0 Å². The van der Waals surface area contributed by atoms with E-state index in [0.717, 1.165) is 15.7 Å². The first kappa shape index (κ1) is 17.2. The number of nitrogens with zero attached hydrogens (tertiary/aromatic N) is 3. The van der Waals surface area contributed by atoms with E-state index in [4.69, 9.17) is 17.2 Å². The van der Waals surface area contributed by atoms with Gasteiger partial charge in [-0.05, 0) is 41.1 Å². The first-order valence-electron chi connectivity index (χ1n) is 8.39. The van der Waals surface area contributed by atoms with Crippen LogP contribution >= 0.6 is 0 Å². The van der Waals surface area contributed by atoms with Crippen LogP contribution in [-0.4, -0.2) is 23.7 Å². The molecule has 0 fully saturated rings. The number of hydrogen-bond donors (Lipinski definition) is 3. The molecule has 1 heterocycles. The van der Waals surface area contributed by atoms with Crippen molar-refractivity contribution in [3.05, 3.63) is 71.8 Å². The van der Waals surface area contributed by atoms with E-state index in [1.165, 1.54) is 12.1 Å². The number of hydrogen-bond acceptors (Lipinski definition) is 3. The van der Waals surface area contributed by atoms with Crippen molar-refractivity contribution in [2.45, 2.75) is 0 Å². The molecule has 8 nitrogen and oxygen atoms in total. The SMILES string of the molecule is NC(N)=NC(N)=Nc1ccc2c(c1)C(=O)N(c1ccc3ccccc3c1)C2=O. The highest BCUT2D eigenvalue weighted by atomic mass is 16.2. The number of benzene rings is 3. The smallest absolute Gasteiger partial charge is 0.266 e. The Labute approximate surface area is 160 Å². The lowest BCUT2D eigenvalue weighted by Gasteiger charge is -2.14. The molecule has 0 spiro atoms. The summed E-state index contributed by atoms with van der Waals surface area (Å²) >= 11 is 0. The standard InChI is InChI=1S/C20H16N6O2/c21-19(22)25-20(23)24-13-6-8-15-16(10-13)18(28)26(17(15)27)14-7-5-11-3-1-2-4-12(11)9-14/h1-10H,(H6,21,22,23,24,25). The van der Waals surface area contributed by atoms with Crippen LogP contribution in [0.25, 0.3) is 10.8 Å². The molecular weight excluding hydrogens is 356 g/mol. The summed E-state index contributed by atoms with van der Waals surface area (Å²) in [7, 11) is 0. The van der Waals surface area contributed by atoms with E-state index in [2.05, 4.69) is 9.98 Å². The van der Waals surface area contributed by atoms with Gasteiger partial charge in [-0.1, -0.05) is 30.3 Å². The van der Waals surface area contributed by atoms with E-state index in [1.807, 2.05) is 36.4 Å². The first-order valence-corrected chi connectivity index (χ1v) is 8.39. The number of guanidine groups is 2. The Bertz CT molecular complexity index is 1190. The zero-order chi connectivity index (χ0) is 19.8. The zero-order valence-electron chi connectivity index (χ0n) is 14.7. The van der Waals surface area contributed by atoms with Crippen LogP contribution in [-0.2, 0) is 0 Å². The van der Waals surface area contributed by atoms with Crippen LogP contribution in [0.2, 0.25) is 0 Å².